The zero-order valence-electron chi connectivity index (χ0n) is 17.3. The van der Waals surface area contributed by atoms with Crippen LogP contribution in [0.5, 0.6) is 11.5 Å². The van der Waals surface area contributed by atoms with E-state index in [4.69, 9.17) is 4.74 Å². The van der Waals surface area contributed by atoms with E-state index in [0.717, 1.165) is 12.1 Å². The van der Waals surface area contributed by atoms with Gasteiger partial charge in [0.1, 0.15) is 17.3 Å². The number of aromatic nitrogens is 1. The Labute approximate surface area is 178 Å². The van der Waals surface area contributed by atoms with Crippen LogP contribution in [0, 0.1) is 11.6 Å². The average Bonchev–Trinajstić information content (AvgIpc) is 2.76. The molecule has 0 aliphatic carbocycles. The van der Waals surface area contributed by atoms with Crippen molar-refractivity contribution in [3.8, 4) is 22.6 Å². The van der Waals surface area contributed by atoms with Gasteiger partial charge in [-0.05, 0) is 42.5 Å². The lowest BCUT2D eigenvalue weighted by atomic mass is 10.0. The van der Waals surface area contributed by atoms with Crippen molar-refractivity contribution in [1.29, 1.82) is 0 Å². The Morgan fingerprint density at radius 1 is 1.16 bits per heavy atom. The molecule has 160 valence electrons. The molecular formula is C23H21F2N3O3. The number of amides is 1. The Kier molecular flexibility index (Phi) is 6.20. The third-order valence-electron chi connectivity index (χ3n) is 4.73. The quantitative estimate of drug-likeness (QED) is 0.598. The van der Waals surface area contributed by atoms with E-state index in [2.05, 4.69) is 11.9 Å². The molecule has 0 saturated heterocycles. The number of anilines is 2. The van der Waals surface area contributed by atoms with Crippen LogP contribution in [-0.2, 0) is 11.8 Å². The van der Waals surface area contributed by atoms with Crippen molar-refractivity contribution in [2.24, 2.45) is 7.05 Å². The van der Waals surface area contributed by atoms with Crippen molar-refractivity contribution in [3.63, 3.8) is 0 Å². The maximum Gasteiger partial charge on any atom is 0.273 e. The van der Waals surface area contributed by atoms with Crippen LogP contribution in [0.1, 0.15) is 0 Å². The van der Waals surface area contributed by atoms with Crippen molar-refractivity contribution in [2.45, 2.75) is 0 Å². The number of halogens is 2. The molecule has 0 fully saturated rings. The predicted molar refractivity (Wildman–Crippen MR) is 117 cm³/mol. The number of likely N-dealkylation sites (N-methyl/N-ethyl adjacent to an activating group) is 1. The lowest BCUT2D eigenvalue weighted by Gasteiger charge is -2.19. The summed E-state index contributed by atoms with van der Waals surface area (Å²) in [6.07, 6.45) is 2.79. The number of carbonyl (C=O) groups excluding carboxylic acids is 1. The number of hydrogen-bond donors (Lipinski definition) is 1. The normalized spacial score (nSPS) is 10.5. The van der Waals surface area contributed by atoms with Gasteiger partial charge in [0.05, 0.1) is 0 Å². The summed E-state index contributed by atoms with van der Waals surface area (Å²) in [7, 11) is 4.81. The highest BCUT2D eigenvalue weighted by Gasteiger charge is 2.17. The Balaban J connectivity index is 2.19. The van der Waals surface area contributed by atoms with E-state index in [1.807, 2.05) is 0 Å². The van der Waals surface area contributed by atoms with Gasteiger partial charge >= 0.3 is 0 Å². The lowest BCUT2D eigenvalue weighted by molar-refractivity contribution is -0.113. The second-order valence-electron chi connectivity index (χ2n) is 6.77. The summed E-state index contributed by atoms with van der Waals surface area (Å²) in [5.74, 6) is -1.80. The van der Waals surface area contributed by atoms with Crippen LogP contribution in [0.15, 0.2) is 66.1 Å². The highest BCUT2D eigenvalue weighted by molar-refractivity contribution is 6.01. The molecule has 1 aromatic heterocycles. The third kappa shape index (κ3) is 4.48. The SMILES string of the molecule is C=CC(=O)N(C)c1ccc(Oc2ccc(F)cc2F)c(-c2cc(NC)c(=O)n(C)c2)c1. The zero-order valence-corrected chi connectivity index (χ0v) is 17.3. The van der Waals surface area contributed by atoms with Gasteiger partial charge < -0.3 is 19.5 Å². The van der Waals surface area contributed by atoms with E-state index in [-0.39, 0.29) is 23.0 Å². The Morgan fingerprint density at radius 2 is 1.87 bits per heavy atom. The fraction of sp³-hybridized carbons (Fsp3) is 0.130. The van der Waals surface area contributed by atoms with Gasteiger partial charge in [0.2, 0.25) is 5.91 Å². The Hall–Kier alpha value is -3.94. The second-order valence-corrected chi connectivity index (χ2v) is 6.77. The highest BCUT2D eigenvalue weighted by Crippen LogP contribution is 2.37. The summed E-state index contributed by atoms with van der Waals surface area (Å²) in [6.45, 7) is 3.49. The highest BCUT2D eigenvalue weighted by atomic mass is 19.1. The topological polar surface area (TPSA) is 63.6 Å². The van der Waals surface area contributed by atoms with E-state index in [0.29, 0.717) is 22.5 Å². The van der Waals surface area contributed by atoms with Crippen LogP contribution in [0.3, 0.4) is 0 Å². The van der Waals surface area contributed by atoms with Crippen molar-refractivity contribution in [2.75, 3.05) is 24.3 Å². The van der Waals surface area contributed by atoms with E-state index in [1.54, 1.807) is 51.6 Å². The first-order valence-electron chi connectivity index (χ1n) is 9.31. The molecule has 0 aliphatic heterocycles. The summed E-state index contributed by atoms with van der Waals surface area (Å²) in [5.41, 5.74) is 1.74. The summed E-state index contributed by atoms with van der Waals surface area (Å²) in [4.78, 5) is 25.7. The van der Waals surface area contributed by atoms with E-state index < -0.39 is 11.6 Å². The molecule has 0 atom stereocenters. The van der Waals surface area contributed by atoms with Crippen molar-refractivity contribution < 1.29 is 18.3 Å². The molecule has 0 bridgehead atoms. The molecule has 0 radical (unpaired) electrons. The first kappa shape index (κ1) is 21.8. The molecule has 1 heterocycles. The molecular weight excluding hydrogens is 404 g/mol. The minimum absolute atomic E-state index is 0.162. The van der Waals surface area contributed by atoms with E-state index in [9.17, 15) is 18.4 Å². The number of pyridine rings is 1. The molecule has 1 amide bonds. The van der Waals surface area contributed by atoms with Crippen molar-refractivity contribution >= 4 is 17.3 Å². The van der Waals surface area contributed by atoms with Gasteiger partial charge in [0.25, 0.3) is 5.56 Å². The molecule has 0 aliphatic rings. The molecule has 0 spiro atoms. The smallest absolute Gasteiger partial charge is 0.273 e. The van der Waals surface area contributed by atoms with Gasteiger partial charge in [-0.2, -0.15) is 0 Å². The van der Waals surface area contributed by atoms with Gasteiger partial charge in [-0.25, -0.2) is 8.78 Å². The van der Waals surface area contributed by atoms with Gasteiger partial charge in [-0.15, -0.1) is 0 Å². The third-order valence-corrected chi connectivity index (χ3v) is 4.73. The van der Waals surface area contributed by atoms with Crippen molar-refractivity contribution in [1.82, 2.24) is 4.57 Å². The molecule has 1 N–H and O–H groups in total. The monoisotopic (exact) mass is 425 g/mol. The molecule has 6 nitrogen and oxygen atoms in total. The number of ether oxygens (including phenoxy) is 1. The maximum atomic E-state index is 14.2. The number of aryl methyl sites for hydroxylation is 1. The average molecular weight is 425 g/mol. The standard InChI is InChI=1S/C23H21F2N3O3/c1-5-22(29)28(4)16-7-9-20(31-21-8-6-15(24)11-18(21)25)17(12-16)14-10-19(26-2)23(30)27(3)13-14/h5-13,26H,1H2,2-4H3. The van der Waals surface area contributed by atoms with Gasteiger partial charge in [0.15, 0.2) is 11.6 Å². The number of hydrogen-bond acceptors (Lipinski definition) is 4. The molecule has 2 aromatic carbocycles. The summed E-state index contributed by atoms with van der Waals surface area (Å²) in [6, 6.07) is 9.52. The number of rotatable bonds is 6. The largest absolute Gasteiger partial charge is 0.454 e. The summed E-state index contributed by atoms with van der Waals surface area (Å²) < 4.78 is 34.6. The number of nitrogens with one attached hydrogen (secondary N) is 1. The predicted octanol–water partition coefficient (Wildman–Crippen LogP) is 4.31. The lowest BCUT2D eigenvalue weighted by Crippen LogP contribution is -2.23. The fourth-order valence-electron chi connectivity index (χ4n) is 3.02. The van der Waals surface area contributed by atoms with Crippen LogP contribution in [0.2, 0.25) is 0 Å². The van der Waals surface area contributed by atoms with Gasteiger partial charge in [-0.1, -0.05) is 6.58 Å². The molecule has 0 unspecified atom stereocenters. The van der Waals surface area contributed by atoms with Crippen LogP contribution < -0.4 is 20.5 Å². The zero-order chi connectivity index (χ0) is 22.7. The summed E-state index contributed by atoms with van der Waals surface area (Å²) in [5, 5.41) is 2.84. The second kappa shape index (κ2) is 8.83. The van der Waals surface area contributed by atoms with Gasteiger partial charge in [0, 0.05) is 50.2 Å². The Morgan fingerprint density at radius 3 is 2.52 bits per heavy atom. The minimum Gasteiger partial charge on any atom is -0.454 e. The first-order chi connectivity index (χ1) is 14.7. The van der Waals surface area contributed by atoms with Crippen molar-refractivity contribution in [3.05, 3.63) is 83.3 Å². The number of carbonyl (C=O) groups is 1. The van der Waals surface area contributed by atoms with E-state index >= 15 is 0 Å². The number of benzene rings is 2. The first-order valence-corrected chi connectivity index (χ1v) is 9.31. The van der Waals surface area contributed by atoms with Crippen LogP contribution in [0.4, 0.5) is 20.2 Å². The van der Waals surface area contributed by atoms with E-state index in [1.165, 1.54) is 21.6 Å². The van der Waals surface area contributed by atoms with Crippen LogP contribution >= 0.6 is 0 Å². The number of nitrogens with zero attached hydrogens (tertiary/aromatic N) is 2. The molecule has 3 rings (SSSR count). The van der Waals surface area contributed by atoms with Crippen LogP contribution in [0.25, 0.3) is 11.1 Å². The Bertz CT molecular complexity index is 1220. The fourth-order valence-corrected chi connectivity index (χ4v) is 3.02. The molecule has 31 heavy (non-hydrogen) atoms. The summed E-state index contributed by atoms with van der Waals surface area (Å²) >= 11 is 0. The van der Waals surface area contributed by atoms with Crippen LogP contribution in [-0.4, -0.2) is 24.6 Å². The van der Waals surface area contributed by atoms with Gasteiger partial charge in [-0.3, -0.25) is 9.59 Å². The molecule has 0 saturated carbocycles. The maximum absolute atomic E-state index is 14.2. The molecule has 8 heteroatoms. The minimum atomic E-state index is -0.856. The molecule has 3 aromatic rings.